The Morgan fingerprint density at radius 1 is 1.43 bits per heavy atom. The summed E-state index contributed by atoms with van der Waals surface area (Å²) in [7, 11) is 3.94. The molecule has 0 aromatic carbocycles. The molecule has 1 amide bonds. The average molecular weight is 317 g/mol. The number of amides is 1. The van der Waals surface area contributed by atoms with E-state index in [0.29, 0.717) is 12.5 Å². The van der Waals surface area contributed by atoms with E-state index in [2.05, 4.69) is 27.1 Å². The van der Waals surface area contributed by atoms with Gasteiger partial charge in [-0.1, -0.05) is 0 Å². The molecule has 1 aromatic heterocycles. The second-order valence-corrected chi connectivity index (χ2v) is 7.37. The zero-order chi connectivity index (χ0) is 16.4. The second kappa shape index (κ2) is 6.34. The summed E-state index contributed by atoms with van der Waals surface area (Å²) in [4.78, 5) is 25.5. The Morgan fingerprint density at radius 2 is 2.22 bits per heavy atom. The zero-order valence-corrected chi connectivity index (χ0v) is 14.4. The number of piperidine rings is 1. The Bertz CT molecular complexity index is 572. The number of hydrogen-bond donors (Lipinski definition) is 1. The van der Waals surface area contributed by atoms with Crippen LogP contribution in [-0.2, 0) is 4.79 Å². The number of carbonyl (C=O) groups is 1. The van der Waals surface area contributed by atoms with Crippen LogP contribution in [0.1, 0.15) is 32.6 Å². The highest BCUT2D eigenvalue weighted by atomic mass is 16.2. The quantitative estimate of drug-likeness (QED) is 0.895. The molecule has 0 spiro atoms. The maximum atomic E-state index is 12.6. The Morgan fingerprint density at radius 3 is 2.91 bits per heavy atom. The van der Waals surface area contributed by atoms with Gasteiger partial charge in [0.15, 0.2) is 0 Å². The van der Waals surface area contributed by atoms with E-state index in [1.54, 1.807) is 6.33 Å². The Kier molecular flexibility index (Phi) is 4.41. The fourth-order valence-electron chi connectivity index (χ4n) is 3.15. The van der Waals surface area contributed by atoms with Gasteiger partial charge in [-0.25, -0.2) is 9.97 Å². The molecule has 1 aromatic rings. The number of rotatable bonds is 5. The molecule has 2 heterocycles. The molecule has 0 bridgehead atoms. The molecule has 1 saturated heterocycles. The van der Waals surface area contributed by atoms with E-state index in [1.165, 1.54) is 12.8 Å². The van der Waals surface area contributed by atoms with Crippen LogP contribution in [-0.4, -0.2) is 49.6 Å². The lowest BCUT2D eigenvalue weighted by Gasteiger charge is -2.40. The van der Waals surface area contributed by atoms with Crippen LogP contribution in [0.3, 0.4) is 0 Å². The van der Waals surface area contributed by atoms with Gasteiger partial charge in [0.25, 0.3) is 0 Å². The van der Waals surface area contributed by atoms with Crippen molar-refractivity contribution in [3.63, 3.8) is 0 Å². The van der Waals surface area contributed by atoms with Crippen LogP contribution in [0.2, 0.25) is 0 Å². The third-order valence-electron chi connectivity index (χ3n) is 4.91. The molecule has 1 aliphatic carbocycles. The van der Waals surface area contributed by atoms with Crippen LogP contribution >= 0.6 is 0 Å². The molecule has 1 N–H and O–H groups in total. The standard InChI is InChI=1S/C17H27N5O/c1-17(16(23)18-10-13-5-6-13)7-4-8-22(11-17)15-9-14(21(2)3)19-12-20-15/h9,12-13H,4-8,10-11H2,1-3H3,(H,18,23). The topological polar surface area (TPSA) is 61.4 Å². The van der Waals surface area contributed by atoms with Gasteiger partial charge in [-0.05, 0) is 38.5 Å². The van der Waals surface area contributed by atoms with Crippen LogP contribution in [0.15, 0.2) is 12.4 Å². The Hall–Kier alpha value is -1.85. The summed E-state index contributed by atoms with van der Waals surface area (Å²) in [6.07, 6.45) is 6.07. The smallest absolute Gasteiger partial charge is 0.227 e. The van der Waals surface area contributed by atoms with Gasteiger partial charge in [-0.2, -0.15) is 0 Å². The molecule has 2 aliphatic rings. The molecule has 23 heavy (non-hydrogen) atoms. The van der Waals surface area contributed by atoms with Crippen molar-refractivity contribution >= 4 is 17.5 Å². The predicted molar refractivity (Wildman–Crippen MR) is 91.6 cm³/mol. The minimum atomic E-state index is -0.337. The third-order valence-corrected chi connectivity index (χ3v) is 4.91. The fraction of sp³-hybridized carbons (Fsp3) is 0.706. The first-order valence-electron chi connectivity index (χ1n) is 8.50. The van der Waals surface area contributed by atoms with Crippen molar-refractivity contribution in [2.75, 3.05) is 43.5 Å². The van der Waals surface area contributed by atoms with Crippen molar-refractivity contribution in [2.45, 2.75) is 32.6 Å². The fourth-order valence-corrected chi connectivity index (χ4v) is 3.15. The highest BCUT2D eigenvalue weighted by Crippen LogP contribution is 2.33. The third kappa shape index (κ3) is 3.74. The Balaban J connectivity index is 1.69. The number of nitrogens with one attached hydrogen (secondary N) is 1. The summed E-state index contributed by atoms with van der Waals surface area (Å²) in [5, 5.41) is 3.15. The van der Waals surface area contributed by atoms with Gasteiger partial charge in [-0.3, -0.25) is 4.79 Å². The van der Waals surface area contributed by atoms with Gasteiger partial charge in [0.05, 0.1) is 5.41 Å². The predicted octanol–water partition coefficient (Wildman–Crippen LogP) is 1.68. The molecule has 1 unspecified atom stereocenters. The van der Waals surface area contributed by atoms with Gasteiger partial charge >= 0.3 is 0 Å². The Labute approximate surface area is 138 Å². The summed E-state index contributed by atoms with van der Waals surface area (Å²) in [5.41, 5.74) is -0.337. The lowest BCUT2D eigenvalue weighted by molar-refractivity contribution is -0.130. The molecular formula is C17H27N5O. The normalized spacial score (nSPS) is 24.4. The van der Waals surface area contributed by atoms with Crippen LogP contribution in [0.5, 0.6) is 0 Å². The van der Waals surface area contributed by atoms with E-state index in [9.17, 15) is 4.79 Å². The van der Waals surface area contributed by atoms with Gasteiger partial charge in [0.2, 0.25) is 5.91 Å². The number of anilines is 2. The van der Waals surface area contributed by atoms with E-state index in [1.807, 2.05) is 25.1 Å². The van der Waals surface area contributed by atoms with E-state index < -0.39 is 0 Å². The summed E-state index contributed by atoms with van der Waals surface area (Å²) in [5.74, 6) is 2.70. The number of hydrogen-bond acceptors (Lipinski definition) is 5. The molecular weight excluding hydrogens is 290 g/mol. The van der Waals surface area contributed by atoms with E-state index >= 15 is 0 Å². The van der Waals surface area contributed by atoms with Crippen LogP contribution < -0.4 is 15.1 Å². The minimum Gasteiger partial charge on any atom is -0.363 e. The summed E-state index contributed by atoms with van der Waals surface area (Å²) < 4.78 is 0. The van der Waals surface area contributed by atoms with Crippen molar-refractivity contribution < 1.29 is 4.79 Å². The molecule has 1 aliphatic heterocycles. The number of nitrogens with zero attached hydrogens (tertiary/aromatic N) is 4. The summed E-state index contributed by atoms with van der Waals surface area (Å²) in [6.45, 7) is 4.57. The summed E-state index contributed by atoms with van der Waals surface area (Å²) in [6, 6.07) is 1.99. The van der Waals surface area contributed by atoms with Gasteiger partial charge in [0, 0.05) is 39.8 Å². The van der Waals surface area contributed by atoms with Crippen LogP contribution in [0.4, 0.5) is 11.6 Å². The summed E-state index contributed by atoms with van der Waals surface area (Å²) >= 11 is 0. The maximum Gasteiger partial charge on any atom is 0.227 e. The molecule has 6 nitrogen and oxygen atoms in total. The maximum absolute atomic E-state index is 12.6. The molecule has 1 saturated carbocycles. The van der Waals surface area contributed by atoms with Gasteiger partial charge in [-0.15, -0.1) is 0 Å². The van der Waals surface area contributed by atoms with Crippen molar-refractivity contribution in [2.24, 2.45) is 11.3 Å². The average Bonchev–Trinajstić information content (AvgIpc) is 3.37. The molecule has 1 atom stereocenters. The van der Waals surface area contributed by atoms with Crippen LogP contribution in [0, 0.1) is 11.3 Å². The molecule has 0 radical (unpaired) electrons. The molecule has 126 valence electrons. The monoisotopic (exact) mass is 317 g/mol. The molecule has 2 fully saturated rings. The van der Waals surface area contributed by atoms with Crippen molar-refractivity contribution in [1.29, 1.82) is 0 Å². The van der Waals surface area contributed by atoms with E-state index in [4.69, 9.17) is 0 Å². The zero-order valence-electron chi connectivity index (χ0n) is 14.4. The SMILES string of the molecule is CN(C)c1cc(N2CCCC(C)(C(=O)NCC3CC3)C2)ncn1. The highest BCUT2D eigenvalue weighted by molar-refractivity contribution is 5.83. The van der Waals surface area contributed by atoms with E-state index in [0.717, 1.165) is 37.6 Å². The molecule has 3 rings (SSSR count). The first-order valence-corrected chi connectivity index (χ1v) is 8.50. The second-order valence-electron chi connectivity index (χ2n) is 7.37. The first kappa shape index (κ1) is 16.0. The minimum absolute atomic E-state index is 0.191. The van der Waals surface area contributed by atoms with Gasteiger partial charge in [0.1, 0.15) is 18.0 Å². The van der Waals surface area contributed by atoms with Crippen molar-refractivity contribution in [3.8, 4) is 0 Å². The first-order chi connectivity index (χ1) is 11.0. The number of carbonyl (C=O) groups excluding carboxylic acids is 1. The van der Waals surface area contributed by atoms with Gasteiger partial charge < -0.3 is 15.1 Å². The van der Waals surface area contributed by atoms with Crippen molar-refractivity contribution in [3.05, 3.63) is 12.4 Å². The highest BCUT2D eigenvalue weighted by Gasteiger charge is 2.38. The van der Waals surface area contributed by atoms with Crippen molar-refractivity contribution in [1.82, 2.24) is 15.3 Å². The lowest BCUT2D eigenvalue weighted by atomic mass is 9.81. The number of aromatic nitrogens is 2. The van der Waals surface area contributed by atoms with E-state index in [-0.39, 0.29) is 11.3 Å². The largest absolute Gasteiger partial charge is 0.363 e. The lowest BCUT2D eigenvalue weighted by Crippen LogP contribution is -2.51. The van der Waals surface area contributed by atoms with Crippen LogP contribution in [0.25, 0.3) is 0 Å². The molecule has 6 heteroatoms.